The maximum atomic E-state index is 13.4. The Morgan fingerprint density at radius 3 is 3.06 bits per heavy atom. The van der Waals surface area contributed by atoms with Gasteiger partial charge in [-0.1, -0.05) is 17.4 Å². The summed E-state index contributed by atoms with van der Waals surface area (Å²) < 4.78 is 14.0. The predicted octanol–water partition coefficient (Wildman–Crippen LogP) is 2.90. The standard InChI is InChI=1S/C10H7FN4S/c11-7-2-1-3-8-9(7)16-10(15-8)14-6-4-12-13-5-6/h1-5H,(H,12,13)(H,14,15). The van der Waals surface area contributed by atoms with Crippen LogP contribution in [0, 0.1) is 5.82 Å². The van der Waals surface area contributed by atoms with E-state index in [2.05, 4.69) is 20.5 Å². The number of halogens is 1. The predicted molar refractivity (Wildman–Crippen MR) is 61.4 cm³/mol. The smallest absolute Gasteiger partial charge is 0.188 e. The lowest BCUT2D eigenvalue weighted by atomic mass is 10.3. The van der Waals surface area contributed by atoms with Crippen LogP contribution in [0.3, 0.4) is 0 Å². The molecule has 4 nitrogen and oxygen atoms in total. The molecule has 2 heterocycles. The van der Waals surface area contributed by atoms with Crippen molar-refractivity contribution in [3.63, 3.8) is 0 Å². The van der Waals surface area contributed by atoms with Crippen LogP contribution in [0.25, 0.3) is 10.2 Å². The Bertz CT molecular complexity index is 617. The summed E-state index contributed by atoms with van der Waals surface area (Å²) >= 11 is 1.28. The second-order valence-electron chi connectivity index (χ2n) is 3.22. The minimum Gasteiger partial charge on any atom is -0.329 e. The molecule has 1 aromatic carbocycles. The number of aromatic amines is 1. The number of H-pyrrole nitrogens is 1. The molecule has 0 bridgehead atoms. The normalized spacial score (nSPS) is 10.8. The summed E-state index contributed by atoms with van der Waals surface area (Å²) in [5, 5.41) is 10.2. The number of fused-ring (bicyclic) bond motifs is 1. The Morgan fingerprint density at radius 1 is 1.38 bits per heavy atom. The van der Waals surface area contributed by atoms with Crippen LogP contribution in [0.2, 0.25) is 0 Å². The van der Waals surface area contributed by atoms with Gasteiger partial charge in [0.2, 0.25) is 0 Å². The van der Waals surface area contributed by atoms with Gasteiger partial charge in [0.05, 0.1) is 22.1 Å². The fraction of sp³-hybridized carbons (Fsp3) is 0. The van der Waals surface area contributed by atoms with Crippen molar-refractivity contribution in [3.05, 3.63) is 36.4 Å². The van der Waals surface area contributed by atoms with Crippen LogP contribution in [0.4, 0.5) is 15.2 Å². The molecule has 3 aromatic rings. The molecule has 6 heteroatoms. The van der Waals surface area contributed by atoms with E-state index in [0.29, 0.717) is 15.3 Å². The number of benzene rings is 1. The molecule has 0 aliphatic heterocycles. The third-order valence-electron chi connectivity index (χ3n) is 2.12. The Kier molecular flexibility index (Phi) is 2.07. The number of anilines is 2. The molecular formula is C10H7FN4S. The number of hydrogen-bond acceptors (Lipinski definition) is 4. The van der Waals surface area contributed by atoms with E-state index in [1.54, 1.807) is 24.5 Å². The molecule has 0 saturated carbocycles. The number of hydrogen-bond donors (Lipinski definition) is 2. The molecule has 0 spiro atoms. The number of nitrogens with zero attached hydrogens (tertiary/aromatic N) is 2. The van der Waals surface area contributed by atoms with Gasteiger partial charge in [-0.3, -0.25) is 5.10 Å². The van der Waals surface area contributed by atoms with Crippen LogP contribution in [0.1, 0.15) is 0 Å². The molecule has 0 aliphatic carbocycles. The number of thiazole rings is 1. The summed E-state index contributed by atoms with van der Waals surface area (Å²) in [6.45, 7) is 0. The van der Waals surface area contributed by atoms with E-state index in [9.17, 15) is 4.39 Å². The van der Waals surface area contributed by atoms with Crippen molar-refractivity contribution in [3.8, 4) is 0 Å². The monoisotopic (exact) mass is 234 g/mol. The van der Waals surface area contributed by atoms with Gasteiger partial charge in [-0.25, -0.2) is 9.37 Å². The molecule has 2 aromatic heterocycles. The van der Waals surface area contributed by atoms with Crippen LogP contribution < -0.4 is 5.32 Å². The molecule has 0 amide bonds. The van der Waals surface area contributed by atoms with E-state index >= 15 is 0 Å². The highest BCUT2D eigenvalue weighted by atomic mass is 32.1. The average Bonchev–Trinajstić information content (AvgIpc) is 2.88. The fourth-order valence-electron chi connectivity index (χ4n) is 1.41. The Balaban J connectivity index is 2.02. The summed E-state index contributed by atoms with van der Waals surface area (Å²) in [4.78, 5) is 4.27. The quantitative estimate of drug-likeness (QED) is 0.716. The van der Waals surface area contributed by atoms with Crippen LogP contribution in [0.15, 0.2) is 30.6 Å². The highest BCUT2D eigenvalue weighted by molar-refractivity contribution is 7.22. The van der Waals surface area contributed by atoms with Crippen LogP contribution in [-0.2, 0) is 0 Å². The molecule has 0 fully saturated rings. The average molecular weight is 234 g/mol. The van der Waals surface area contributed by atoms with E-state index in [1.165, 1.54) is 17.4 Å². The number of rotatable bonds is 2. The van der Waals surface area contributed by atoms with Crippen molar-refractivity contribution in [2.24, 2.45) is 0 Å². The molecule has 3 rings (SSSR count). The number of aromatic nitrogens is 3. The van der Waals surface area contributed by atoms with E-state index in [1.807, 2.05) is 0 Å². The molecule has 80 valence electrons. The maximum absolute atomic E-state index is 13.4. The molecule has 0 aliphatic rings. The molecule has 16 heavy (non-hydrogen) atoms. The molecule has 0 radical (unpaired) electrons. The van der Waals surface area contributed by atoms with Gasteiger partial charge < -0.3 is 5.32 Å². The topological polar surface area (TPSA) is 53.6 Å². The third-order valence-corrected chi connectivity index (χ3v) is 3.11. The first kappa shape index (κ1) is 9.29. The first-order valence-corrected chi connectivity index (χ1v) is 5.45. The van der Waals surface area contributed by atoms with E-state index < -0.39 is 0 Å². The van der Waals surface area contributed by atoms with Crippen molar-refractivity contribution >= 4 is 32.4 Å². The molecule has 0 saturated heterocycles. The van der Waals surface area contributed by atoms with Crippen LogP contribution in [0.5, 0.6) is 0 Å². The minimum absolute atomic E-state index is 0.241. The molecular weight excluding hydrogens is 227 g/mol. The van der Waals surface area contributed by atoms with E-state index in [0.717, 1.165) is 5.69 Å². The second kappa shape index (κ2) is 3.57. The zero-order valence-electron chi connectivity index (χ0n) is 8.07. The van der Waals surface area contributed by atoms with E-state index in [-0.39, 0.29) is 5.82 Å². The van der Waals surface area contributed by atoms with Gasteiger partial charge in [-0.2, -0.15) is 5.10 Å². The first-order valence-electron chi connectivity index (χ1n) is 4.64. The van der Waals surface area contributed by atoms with Crippen molar-refractivity contribution in [1.29, 1.82) is 0 Å². The zero-order chi connectivity index (χ0) is 11.0. The van der Waals surface area contributed by atoms with Crippen LogP contribution >= 0.6 is 11.3 Å². The van der Waals surface area contributed by atoms with Crippen molar-refractivity contribution in [1.82, 2.24) is 15.2 Å². The van der Waals surface area contributed by atoms with E-state index in [4.69, 9.17) is 0 Å². The van der Waals surface area contributed by atoms with Gasteiger partial charge >= 0.3 is 0 Å². The highest BCUT2D eigenvalue weighted by Crippen LogP contribution is 2.29. The lowest BCUT2D eigenvalue weighted by Crippen LogP contribution is -1.85. The summed E-state index contributed by atoms with van der Waals surface area (Å²) in [6.07, 6.45) is 3.35. The van der Waals surface area contributed by atoms with Gasteiger partial charge in [0.15, 0.2) is 5.13 Å². The van der Waals surface area contributed by atoms with Crippen molar-refractivity contribution in [2.45, 2.75) is 0 Å². The van der Waals surface area contributed by atoms with Gasteiger partial charge in [0.1, 0.15) is 5.82 Å². The lowest BCUT2D eigenvalue weighted by Gasteiger charge is -1.94. The summed E-state index contributed by atoms with van der Waals surface area (Å²) in [6, 6.07) is 4.87. The maximum Gasteiger partial charge on any atom is 0.188 e. The van der Waals surface area contributed by atoms with Crippen molar-refractivity contribution in [2.75, 3.05) is 5.32 Å². The fourth-order valence-corrected chi connectivity index (χ4v) is 2.30. The second-order valence-corrected chi connectivity index (χ2v) is 4.22. The van der Waals surface area contributed by atoms with Crippen LogP contribution in [-0.4, -0.2) is 15.2 Å². The summed E-state index contributed by atoms with van der Waals surface area (Å²) in [5.74, 6) is -0.241. The Labute approximate surface area is 94.1 Å². The third kappa shape index (κ3) is 1.53. The van der Waals surface area contributed by atoms with Crippen molar-refractivity contribution < 1.29 is 4.39 Å². The highest BCUT2D eigenvalue weighted by Gasteiger charge is 2.07. The molecule has 0 atom stereocenters. The Hall–Kier alpha value is -1.95. The SMILES string of the molecule is Fc1cccc2nc(Nc3cn[nH]c3)sc12. The summed E-state index contributed by atoms with van der Waals surface area (Å²) in [7, 11) is 0. The minimum atomic E-state index is -0.241. The largest absolute Gasteiger partial charge is 0.329 e. The lowest BCUT2D eigenvalue weighted by molar-refractivity contribution is 0.641. The number of nitrogens with one attached hydrogen (secondary N) is 2. The molecule has 2 N–H and O–H groups in total. The van der Waals surface area contributed by atoms with Gasteiger partial charge in [-0.15, -0.1) is 0 Å². The molecule has 0 unspecified atom stereocenters. The van der Waals surface area contributed by atoms with Gasteiger partial charge in [0, 0.05) is 6.20 Å². The Morgan fingerprint density at radius 2 is 2.31 bits per heavy atom. The van der Waals surface area contributed by atoms with Gasteiger partial charge in [0.25, 0.3) is 0 Å². The van der Waals surface area contributed by atoms with Gasteiger partial charge in [-0.05, 0) is 12.1 Å². The first-order chi connectivity index (χ1) is 7.83. The zero-order valence-corrected chi connectivity index (χ0v) is 8.88. The summed E-state index contributed by atoms with van der Waals surface area (Å²) in [5.41, 5.74) is 1.47.